The van der Waals surface area contributed by atoms with E-state index in [1.165, 1.54) is 0 Å². The number of carbonyl (C=O) groups is 1. The average molecular weight is 271 g/mol. The van der Waals surface area contributed by atoms with Crippen LogP contribution in [0.15, 0.2) is 54.6 Å². The molecule has 0 aliphatic heterocycles. The van der Waals surface area contributed by atoms with Crippen molar-refractivity contribution in [2.24, 2.45) is 0 Å². The first-order valence-electron chi connectivity index (χ1n) is 6.70. The number of nitrogens with one attached hydrogen (secondary N) is 1. The summed E-state index contributed by atoms with van der Waals surface area (Å²) in [7, 11) is 0. The van der Waals surface area contributed by atoms with Gasteiger partial charge in [-0.15, -0.1) is 0 Å². The standard InChI is InChI=1S/C16H18N2O2/c17-11-4-12-18-16(19)13-7-9-15(10-8-13)20-14-5-2-1-3-6-14/h1-3,5-10H,4,11-12,17H2,(H,18,19)/p+1. The molecule has 1 amide bonds. The van der Waals surface area contributed by atoms with Gasteiger partial charge in [0.2, 0.25) is 0 Å². The second kappa shape index (κ2) is 7.31. The van der Waals surface area contributed by atoms with Crippen LogP contribution in [0, 0.1) is 0 Å². The van der Waals surface area contributed by atoms with Crippen molar-refractivity contribution in [3.8, 4) is 11.5 Å². The van der Waals surface area contributed by atoms with Crippen molar-refractivity contribution in [2.75, 3.05) is 13.1 Å². The predicted octanol–water partition coefficient (Wildman–Crippen LogP) is 1.84. The van der Waals surface area contributed by atoms with Gasteiger partial charge in [0.15, 0.2) is 0 Å². The minimum atomic E-state index is -0.0651. The quantitative estimate of drug-likeness (QED) is 0.787. The van der Waals surface area contributed by atoms with Gasteiger partial charge in [-0.05, 0) is 36.4 Å². The molecule has 0 heterocycles. The highest BCUT2D eigenvalue weighted by atomic mass is 16.5. The van der Waals surface area contributed by atoms with Gasteiger partial charge in [-0.25, -0.2) is 0 Å². The van der Waals surface area contributed by atoms with E-state index in [-0.39, 0.29) is 5.91 Å². The summed E-state index contributed by atoms with van der Waals surface area (Å²) in [5.74, 6) is 1.43. The van der Waals surface area contributed by atoms with E-state index in [2.05, 4.69) is 11.1 Å². The molecule has 0 spiro atoms. The Kier molecular flexibility index (Phi) is 5.15. The van der Waals surface area contributed by atoms with E-state index in [9.17, 15) is 4.79 Å². The van der Waals surface area contributed by atoms with Gasteiger partial charge in [-0.3, -0.25) is 4.79 Å². The number of ether oxygens (including phenoxy) is 1. The molecule has 2 aromatic carbocycles. The Labute approximate surface area is 118 Å². The van der Waals surface area contributed by atoms with Crippen LogP contribution < -0.4 is 15.8 Å². The maximum Gasteiger partial charge on any atom is 0.251 e. The van der Waals surface area contributed by atoms with Crippen LogP contribution in [-0.2, 0) is 0 Å². The van der Waals surface area contributed by atoms with E-state index in [0.29, 0.717) is 17.9 Å². The SMILES string of the molecule is [NH3+]CCCNC(=O)c1ccc(Oc2ccccc2)cc1. The lowest BCUT2D eigenvalue weighted by molar-refractivity contribution is -0.367. The van der Waals surface area contributed by atoms with Gasteiger partial charge in [-0.1, -0.05) is 18.2 Å². The van der Waals surface area contributed by atoms with E-state index >= 15 is 0 Å². The molecule has 0 aliphatic carbocycles. The van der Waals surface area contributed by atoms with Gasteiger partial charge in [0.1, 0.15) is 11.5 Å². The number of rotatable bonds is 6. The third-order valence-electron chi connectivity index (χ3n) is 2.81. The number of quaternary nitrogens is 1. The Bertz CT molecular complexity index is 538. The summed E-state index contributed by atoms with van der Waals surface area (Å²) in [6, 6.07) is 16.7. The van der Waals surface area contributed by atoms with E-state index < -0.39 is 0 Å². The number of hydrogen-bond donors (Lipinski definition) is 2. The minimum Gasteiger partial charge on any atom is -0.457 e. The smallest absolute Gasteiger partial charge is 0.251 e. The fraction of sp³-hybridized carbons (Fsp3) is 0.188. The molecule has 0 saturated heterocycles. The van der Waals surface area contributed by atoms with Crippen LogP contribution in [0.1, 0.15) is 16.8 Å². The Hall–Kier alpha value is -2.33. The molecule has 104 valence electrons. The highest BCUT2D eigenvalue weighted by Gasteiger charge is 2.05. The van der Waals surface area contributed by atoms with Crippen molar-refractivity contribution >= 4 is 5.91 Å². The Balaban J connectivity index is 1.94. The molecule has 4 nitrogen and oxygen atoms in total. The van der Waals surface area contributed by atoms with Gasteiger partial charge in [0.05, 0.1) is 6.54 Å². The van der Waals surface area contributed by atoms with E-state index in [0.717, 1.165) is 18.7 Å². The van der Waals surface area contributed by atoms with Crippen molar-refractivity contribution in [2.45, 2.75) is 6.42 Å². The first-order valence-corrected chi connectivity index (χ1v) is 6.70. The third-order valence-corrected chi connectivity index (χ3v) is 2.81. The first-order chi connectivity index (χ1) is 9.79. The predicted molar refractivity (Wildman–Crippen MR) is 77.7 cm³/mol. The van der Waals surface area contributed by atoms with Crippen LogP contribution in [0.3, 0.4) is 0 Å². The van der Waals surface area contributed by atoms with Crippen LogP contribution in [0.25, 0.3) is 0 Å². The summed E-state index contributed by atoms with van der Waals surface area (Å²) in [5, 5.41) is 2.85. The molecular formula is C16H19N2O2+. The van der Waals surface area contributed by atoms with Gasteiger partial charge < -0.3 is 15.8 Å². The van der Waals surface area contributed by atoms with Crippen LogP contribution in [-0.4, -0.2) is 19.0 Å². The maximum absolute atomic E-state index is 11.8. The minimum absolute atomic E-state index is 0.0651. The molecule has 4 heteroatoms. The van der Waals surface area contributed by atoms with Crippen molar-refractivity contribution < 1.29 is 15.3 Å². The molecule has 4 N–H and O–H groups in total. The molecule has 0 radical (unpaired) electrons. The molecule has 0 saturated carbocycles. The molecular weight excluding hydrogens is 252 g/mol. The molecule has 20 heavy (non-hydrogen) atoms. The maximum atomic E-state index is 11.8. The summed E-state index contributed by atoms with van der Waals surface area (Å²) >= 11 is 0. The number of carbonyl (C=O) groups excluding carboxylic acids is 1. The van der Waals surface area contributed by atoms with Gasteiger partial charge in [0, 0.05) is 18.5 Å². The largest absolute Gasteiger partial charge is 0.457 e. The topological polar surface area (TPSA) is 66.0 Å². The normalized spacial score (nSPS) is 10.1. The zero-order valence-corrected chi connectivity index (χ0v) is 11.3. The molecule has 0 aliphatic rings. The summed E-state index contributed by atoms with van der Waals surface area (Å²) in [6.07, 6.45) is 0.890. The Morgan fingerprint density at radius 3 is 2.30 bits per heavy atom. The first kappa shape index (κ1) is 14.1. The van der Waals surface area contributed by atoms with Crippen molar-refractivity contribution in [3.63, 3.8) is 0 Å². The number of benzene rings is 2. The summed E-state index contributed by atoms with van der Waals surface area (Å²) in [6.45, 7) is 1.48. The zero-order valence-electron chi connectivity index (χ0n) is 11.3. The molecule has 0 fully saturated rings. The number of amides is 1. The van der Waals surface area contributed by atoms with Crippen LogP contribution in [0.4, 0.5) is 0 Å². The molecule has 0 unspecified atom stereocenters. The summed E-state index contributed by atoms with van der Waals surface area (Å²) in [4.78, 5) is 11.8. The fourth-order valence-corrected chi connectivity index (χ4v) is 1.73. The summed E-state index contributed by atoms with van der Waals surface area (Å²) in [5.41, 5.74) is 4.37. The van der Waals surface area contributed by atoms with E-state index in [1.54, 1.807) is 24.3 Å². The molecule has 2 rings (SSSR count). The van der Waals surface area contributed by atoms with Crippen LogP contribution in [0.5, 0.6) is 11.5 Å². The van der Waals surface area contributed by atoms with Crippen molar-refractivity contribution in [3.05, 3.63) is 60.2 Å². The van der Waals surface area contributed by atoms with Crippen LogP contribution >= 0.6 is 0 Å². The molecule has 0 aromatic heterocycles. The molecule has 0 bridgehead atoms. The average Bonchev–Trinajstić information content (AvgIpc) is 2.49. The van der Waals surface area contributed by atoms with Crippen molar-refractivity contribution in [1.82, 2.24) is 5.32 Å². The molecule has 0 atom stereocenters. The van der Waals surface area contributed by atoms with Gasteiger partial charge >= 0.3 is 0 Å². The Morgan fingerprint density at radius 1 is 1.00 bits per heavy atom. The lowest BCUT2D eigenvalue weighted by Gasteiger charge is -2.07. The lowest BCUT2D eigenvalue weighted by atomic mass is 10.2. The van der Waals surface area contributed by atoms with Crippen LogP contribution in [0.2, 0.25) is 0 Å². The monoisotopic (exact) mass is 271 g/mol. The zero-order chi connectivity index (χ0) is 14.2. The Morgan fingerprint density at radius 2 is 1.65 bits per heavy atom. The van der Waals surface area contributed by atoms with Gasteiger partial charge in [-0.2, -0.15) is 0 Å². The van der Waals surface area contributed by atoms with Gasteiger partial charge in [0.25, 0.3) is 5.91 Å². The number of para-hydroxylation sites is 1. The third kappa shape index (κ3) is 4.10. The molecule has 2 aromatic rings. The fourth-order valence-electron chi connectivity index (χ4n) is 1.73. The second-order valence-corrected chi connectivity index (χ2v) is 4.40. The summed E-state index contributed by atoms with van der Waals surface area (Å²) < 4.78 is 5.67. The van der Waals surface area contributed by atoms with E-state index in [1.807, 2.05) is 30.3 Å². The highest BCUT2D eigenvalue weighted by Crippen LogP contribution is 2.20. The van der Waals surface area contributed by atoms with E-state index in [4.69, 9.17) is 4.74 Å². The van der Waals surface area contributed by atoms with Crippen molar-refractivity contribution in [1.29, 1.82) is 0 Å². The number of hydrogen-bond acceptors (Lipinski definition) is 2. The highest BCUT2D eigenvalue weighted by molar-refractivity contribution is 5.94. The lowest BCUT2D eigenvalue weighted by Crippen LogP contribution is -2.51. The second-order valence-electron chi connectivity index (χ2n) is 4.40.